The normalized spacial score (nSPS) is 19.6. The van der Waals surface area contributed by atoms with E-state index in [9.17, 15) is 4.79 Å². The second-order valence-corrected chi connectivity index (χ2v) is 5.35. The van der Waals surface area contributed by atoms with E-state index in [-0.39, 0.29) is 5.91 Å². The lowest BCUT2D eigenvalue weighted by molar-refractivity contribution is 0.0735. The van der Waals surface area contributed by atoms with Gasteiger partial charge in [-0.1, -0.05) is 22.9 Å². The fraction of sp³-hybridized carbons (Fsp3) is 0.462. The molecule has 2 rings (SSSR count). The Morgan fingerprint density at radius 2 is 2.35 bits per heavy atom. The Morgan fingerprint density at radius 1 is 1.59 bits per heavy atom. The van der Waals surface area contributed by atoms with Gasteiger partial charge in [-0.2, -0.15) is 0 Å². The molecule has 4 heteroatoms. The Balaban J connectivity index is 2.24. The lowest BCUT2D eigenvalue weighted by atomic mass is 10.1. The van der Waals surface area contributed by atoms with Crippen LogP contribution in [0.25, 0.3) is 0 Å². The molecule has 92 valence electrons. The van der Waals surface area contributed by atoms with Gasteiger partial charge in [0, 0.05) is 22.7 Å². The van der Waals surface area contributed by atoms with Gasteiger partial charge in [0.15, 0.2) is 0 Å². The van der Waals surface area contributed by atoms with Crippen molar-refractivity contribution in [2.75, 3.05) is 12.3 Å². The maximum absolute atomic E-state index is 12.4. The summed E-state index contributed by atoms with van der Waals surface area (Å²) in [6, 6.07) is 5.82. The molecular weight excluding hydrogens is 280 g/mol. The van der Waals surface area contributed by atoms with Gasteiger partial charge >= 0.3 is 0 Å². The van der Waals surface area contributed by atoms with Crippen LogP contribution < -0.4 is 5.73 Å². The van der Waals surface area contributed by atoms with Crippen molar-refractivity contribution in [2.45, 2.75) is 32.2 Å². The van der Waals surface area contributed by atoms with E-state index in [1.807, 2.05) is 11.0 Å². The van der Waals surface area contributed by atoms with Gasteiger partial charge in [0.25, 0.3) is 5.91 Å². The van der Waals surface area contributed by atoms with Crippen LogP contribution in [0.4, 0.5) is 5.69 Å². The van der Waals surface area contributed by atoms with Gasteiger partial charge in [-0.3, -0.25) is 4.79 Å². The maximum Gasteiger partial charge on any atom is 0.256 e. The molecule has 1 aromatic carbocycles. The summed E-state index contributed by atoms with van der Waals surface area (Å²) in [6.07, 6.45) is 3.22. The van der Waals surface area contributed by atoms with E-state index >= 15 is 0 Å². The molecule has 0 aromatic heterocycles. The number of rotatable bonds is 2. The van der Waals surface area contributed by atoms with Crippen molar-refractivity contribution in [2.24, 2.45) is 0 Å². The molecule has 1 saturated heterocycles. The van der Waals surface area contributed by atoms with Crippen LogP contribution in [-0.4, -0.2) is 23.4 Å². The molecule has 1 heterocycles. The van der Waals surface area contributed by atoms with E-state index in [4.69, 9.17) is 5.73 Å². The number of nitrogens with two attached hydrogens (primary N) is 1. The van der Waals surface area contributed by atoms with Crippen LogP contribution in [0, 0.1) is 0 Å². The summed E-state index contributed by atoms with van der Waals surface area (Å²) in [5.74, 6) is 0.0688. The number of likely N-dealkylation sites (tertiary alicyclic amines) is 1. The Morgan fingerprint density at radius 3 is 3.00 bits per heavy atom. The summed E-state index contributed by atoms with van der Waals surface area (Å²) >= 11 is 3.35. The van der Waals surface area contributed by atoms with Gasteiger partial charge in [0.2, 0.25) is 0 Å². The van der Waals surface area contributed by atoms with Crippen molar-refractivity contribution in [3.05, 3.63) is 28.2 Å². The van der Waals surface area contributed by atoms with Crippen molar-refractivity contribution in [3.8, 4) is 0 Å². The van der Waals surface area contributed by atoms with E-state index < -0.39 is 0 Å². The number of hydrogen-bond acceptors (Lipinski definition) is 2. The number of anilines is 1. The molecule has 1 aliphatic rings. The largest absolute Gasteiger partial charge is 0.398 e. The average Bonchev–Trinajstić information content (AvgIpc) is 2.76. The SMILES string of the molecule is CCC1CCCN1C(=O)c1ccc(Br)cc1N. The number of nitrogen functional groups attached to an aromatic ring is 1. The van der Waals surface area contributed by atoms with E-state index in [0.717, 1.165) is 30.3 Å². The summed E-state index contributed by atoms with van der Waals surface area (Å²) in [6.45, 7) is 2.98. The van der Waals surface area contributed by atoms with Crippen LogP contribution in [-0.2, 0) is 0 Å². The van der Waals surface area contributed by atoms with E-state index in [1.54, 1.807) is 12.1 Å². The Kier molecular flexibility index (Phi) is 3.72. The smallest absolute Gasteiger partial charge is 0.256 e. The number of amides is 1. The van der Waals surface area contributed by atoms with Crippen LogP contribution in [0.3, 0.4) is 0 Å². The van der Waals surface area contributed by atoms with Crippen molar-refractivity contribution < 1.29 is 4.79 Å². The first kappa shape index (κ1) is 12.4. The molecule has 17 heavy (non-hydrogen) atoms. The fourth-order valence-corrected chi connectivity index (χ4v) is 2.79. The summed E-state index contributed by atoms with van der Waals surface area (Å²) in [5, 5.41) is 0. The molecule has 1 atom stereocenters. The lowest BCUT2D eigenvalue weighted by Gasteiger charge is -2.24. The van der Waals surface area contributed by atoms with Gasteiger partial charge in [-0.25, -0.2) is 0 Å². The minimum absolute atomic E-state index is 0.0688. The van der Waals surface area contributed by atoms with Crippen LogP contribution in [0.15, 0.2) is 22.7 Å². The topological polar surface area (TPSA) is 46.3 Å². The lowest BCUT2D eigenvalue weighted by Crippen LogP contribution is -2.35. The molecule has 0 aliphatic carbocycles. The predicted molar refractivity (Wildman–Crippen MR) is 72.9 cm³/mol. The maximum atomic E-state index is 12.4. The van der Waals surface area contributed by atoms with Crippen molar-refractivity contribution >= 4 is 27.5 Å². The summed E-state index contributed by atoms with van der Waals surface area (Å²) in [7, 11) is 0. The van der Waals surface area contributed by atoms with E-state index in [1.165, 1.54) is 0 Å². The van der Waals surface area contributed by atoms with E-state index in [2.05, 4.69) is 22.9 Å². The zero-order valence-electron chi connectivity index (χ0n) is 9.95. The number of carbonyl (C=O) groups is 1. The molecule has 0 saturated carbocycles. The van der Waals surface area contributed by atoms with E-state index in [0.29, 0.717) is 17.3 Å². The van der Waals surface area contributed by atoms with Crippen LogP contribution in [0.2, 0.25) is 0 Å². The van der Waals surface area contributed by atoms with Gasteiger partial charge in [0.05, 0.1) is 5.56 Å². The predicted octanol–water partition coefficient (Wildman–Crippen LogP) is 3.05. The minimum Gasteiger partial charge on any atom is -0.398 e. The molecule has 3 nitrogen and oxygen atoms in total. The monoisotopic (exact) mass is 296 g/mol. The molecule has 2 N–H and O–H groups in total. The zero-order valence-corrected chi connectivity index (χ0v) is 11.5. The van der Waals surface area contributed by atoms with Gasteiger partial charge in [-0.15, -0.1) is 0 Å². The van der Waals surface area contributed by atoms with Crippen LogP contribution in [0.5, 0.6) is 0 Å². The molecule has 1 aliphatic heterocycles. The Bertz CT molecular complexity index is 433. The second kappa shape index (κ2) is 5.08. The molecule has 1 aromatic rings. The number of nitrogens with zero attached hydrogens (tertiary/aromatic N) is 1. The van der Waals surface area contributed by atoms with Crippen LogP contribution in [0.1, 0.15) is 36.5 Å². The summed E-state index contributed by atoms with van der Waals surface area (Å²) < 4.78 is 0.903. The molecule has 0 spiro atoms. The van der Waals surface area contributed by atoms with Crippen molar-refractivity contribution in [1.82, 2.24) is 4.90 Å². The van der Waals surface area contributed by atoms with Crippen LogP contribution >= 0.6 is 15.9 Å². The first-order chi connectivity index (χ1) is 8.13. The third-order valence-electron chi connectivity index (χ3n) is 3.35. The summed E-state index contributed by atoms with van der Waals surface area (Å²) in [5.41, 5.74) is 7.07. The first-order valence-electron chi connectivity index (χ1n) is 5.99. The minimum atomic E-state index is 0.0688. The highest BCUT2D eigenvalue weighted by Crippen LogP contribution is 2.25. The molecule has 1 fully saturated rings. The Labute approximate surface area is 110 Å². The quantitative estimate of drug-likeness (QED) is 0.853. The highest BCUT2D eigenvalue weighted by Gasteiger charge is 2.28. The van der Waals surface area contributed by atoms with Gasteiger partial charge in [0.1, 0.15) is 0 Å². The second-order valence-electron chi connectivity index (χ2n) is 4.43. The third kappa shape index (κ3) is 2.46. The first-order valence-corrected chi connectivity index (χ1v) is 6.78. The number of halogens is 1. The fourth-order valence-electron chi connectivity index (χ4n) is 2.41. The third-order valence-corrected chi connectivity index (χ3v) is 3.85. The Hall–Kier alpha value is -1.03. The highest BCUT2D eigenvalue weighted by atomic mass is 79.9. The molecule has 1 amide bonds. The van der Waals surface area contributed by atoms with Crippen molar-refractivity contribution in [3.63, 3.8) is 0 Å². The summed E-state index contributed by atoms with van der Waals surface area (Å²) in [4.78, 5) is 14.3. The number of benzene rings is 1. The standard InChI is InChI=1S/C13H17BrN2O/c1-2-10-4-3-7-16(10)13(17)11-6-5-9(14)8-12(11)15/h5-6,8,10H,2-4,7,15H2,1H3. The van der Waals surface area contributed by atoms with Crippen molar-refractivity contribution in [1.29, 1.82) is 0 Å². The number of carbonyl (C=O) groups excluding carboxylic acids is 1. The molecular formula is C13H17BrN2O. The average molecular weight is 297 g/mol. The number of hydrogen-bond donors (Lipinski definition) is 1. The van der Waals surface area contributed by atoms with Gasteiger partial charge < -0.3 is 10.6 Å². The molecule has 0 bridgehead atoms. The highest BCUT2D eigenvalue weighted by molar-refractivity contribution is 9.10. The molecule has 0 radical (unpaired) electrons. The molecule has 1 unspecified atom stereocenters. The van der Waals surface area contributed by atoms with Gasteiger partial charge in [-0.05, 0) is 37.5 Å². The zero-order chi connectivity index (χ0) is 12.4.